The number of aryl methyl sites for hydroxylation is 2. The van der Waals surface area contributed by atoms with Crippen LogP contribution in [-0.4, -0.2) is 22.4 Å². The summed E-state index contributed by atoms with van der Waals surface area (Å²) in [6.07, 6.45) is 3.81. The Labute approximate surface area is 131 Å². The van der Waals surface area contributed by atoms with E-state index in [-0.39, 0.29) is 5.56 Å². The number of hydrogen-bond acceptors (Lipinski definition) is 4. The van der Waals surface area contributed by atoms with Crippen LogP contribution in [0.1, 0.15) is 12.0 Å². The first kappa shape index (κ1) is 14.1. The average Bonchev–Trinajstić information content (AvgIpc) is 2.52. The summed E-state index contributed by atoms with van der Waals surface area (Å²) in [6.45, 7) is 0.752. The predicted octanol–water partition coefficient (Wildman–Crippen LogP) is 2.38. The van der Waals surface area contributed by atoms with E-state index in [1.807, 2.05) is 6.07 Å². The van der Waals surface area contributed by atoms with Crippen LogP contribution in [0.25, 0.3) is 0 Å². The summed E-state index contributed by atoms with van der Waals surface area (Å²) in [5.74, 6) is 0. The molecular weight excluding hydrogens is 332 g/mol. The second kappa shape index (κ2) is 5.89. The number of halogens is 1. The summed E-state index contributed by atoms with van der Waals surface area (Å²) >= 11 is 3.33. The van der Waals surface area contributed by atoms with E-state index in [1.165, 1.54) is 15.9 Å². The highest BCUT2D eigenvalue weighted by Gasteiger charge is 2.17. The van der Waals surface area contributed by atoms with Gasteiger partial charge in [-0.15, -0.1) is 0 Å². The third kappa shape index (κ3) is 2.95. The summed E-state index contributed by atoms with van der Waals surface area (Å²) in [5, 5.41) is 10.9. The molecule has 1 atom stereocenters. The normalized spacial score (nSPS) is 17.0. The highest BCUT2D eigenvalue weighted by atomic mass is 79.9. The van der Waals surface area contributed by atoms with Gasteiger partial charge in [-0.3, -0.25) is 4.79 Å². The van der Waals surface area contributed by atoms with E-state index >= 15 is 0 Å². The standard InChI is InChI=1S/C15H17BrN4O/c1-20-15(21)14(16)13(9-18-20)17-8-11-7-6-10-4-2-3-5-12(10)19-11/h2-5,9,11,17,19H,6-8H2,1H3/t11-/m1/s1. The first-order chi connectivity index (χ1) is 10.1. The molecule has 0 radical (unpaired) electrons. The van der Waals surface area contributed by atoms with E-state index in [0.717, 1.165) is 25.1 Å². The lowest BCUT2D eigenvalue weighted by Crippen LogP contribution is -2.33. The van der Waals surface area contributed by atoms with Gasteiger partial charge in [-0.2, -0.15) is 5.10 Å². The first-order valence-corrected chi connectivity index (χ1v) is 7.74. The molecule has 0 unspecified atom stereocenters. The van der Waals surface area contributed by atoms with Gasteiger partial charge in [0, 0.05) is 25.3 Å². The van der Waals surface area contributed by atoms with Crippen molar-refractivity contribution < 1.29 is 0 Å². The van der Waals surface area contributed by atoms with Gasteiger partial charge in [-0.1, -0.05) is 18.2 Å². The summed E-state index contributed by atoms with van der Waals surface area (Å²) in [4.78, 5) is 11.8. The van der Waals surface area contributed by atoms with Crippen molar-refractivity contribution in [1.29, 1.82) is 0 Å². The third-order valence-corrected chi connectivity index (χ3v) is 4.52. The fraction of sp³-hybridized carbons (Fsp3) is 0.333. The minimum absolute atomic E-state index is 0.137. The molecule has 2 N–H and O–H groups in total. The Balaban J connectivity index is 1.67. The number of nitrogens with zero attached hydrogens (tertiary/aromatic N) is 2. The van der Waals surface area contributed by atoms with E-state index < -0.39 is 0 Å². The average molecular weight is 349 g/mol. The van der Waals surface area contributed by atoms with Gasteiger partial charge in [0.15, 0.2) is 0 Å². The van der Waals surface area contributed by atoms with Crippen LogP contribution in [0.5, 0.6) is 0 Å². The number of hydrogen-bond donors (Lipinski definition) is 2. The number of nitrogens with one attached hydrogen (secondary N) is 2. The molecule has 1 aliphatic rings. The van der Waals surface area contributed by atoms with Crippen molar-refractivity contribution in [3.05, 3.63) is 50.9 Å². The van der Waals surface area contributed by atoms with Crippen LogP contribution < -0.4 is 16.2 Å². The van der Waals surface area contributed by atoms with Crippen molar-refractivity contribution in [2.24, 2.45) is 7.05 Å². The van der Waals surface area contributed by atoms with Gasteiger partial charge in [0.2, 0.25) is 0 Å². The highest BCUT2D eigenvalue weighted by molar-refractivity contribution is 9.10. The molecule has 3 rings (SSSR count). The van der Waals surface area contributed by atoms with Gasteiger partial charge >= 0.3 is 0 Å². The second-order valence-electron chi connectivity index (χ2n) is 5.22. The molecule has 2 aromatic rings. The maximum atomic E-state index is 11.8. The first-order valence-electron chi connectivity index (χ1n) is 6.95. The number of benzene rings is 1. The lowest BCUT2D eigenvalue weighted by Gasteiger charge is -2.27. The number of rotatable bonds is 3. The van der Waals surface area contributed by atoms with Gasteiger partial charge < -0.3 is 10.6 Å². The van der Waals surface area contributed by atoms with Gasteiger partial charge in [0.25, 0.3) is 5.56 Å². The second-order valence-corrected chi connectivity index (χ2v) is 6.01. The molecule has 0 amide bonds. The molecule has 1 aromatic heterocycles. The molecule has 0 aliphatic carbocycles. The van der Waals surface area contributed by atoms with Crippen molar-refractivity contribution in [2.75, 3.05) is 17.2 Å². The van der Waals surface area contributed by atoms with Crippen LogP contribution in [-0.2, 0) is 13.5 Å². The maximum Gasteiger partial charge on any atom is 0.282 e. The lowest BCUT2D eigenvalue weighted by atomic mass is 9.98. The Kier molecular flexibility index (Phi) is 3.96. The molecule has 0 spiro atoms. The molecule has 2 heterocycles. The maximum absolute atomic E-state index is 11.8. The molecule has 0 bridgehead atoms. The zero-order chi connectivity index (χ0) is 14.8. The zero-order valence-corrected chi connectivity index (χ0v) is 13.4. The molecule has 1 aliphatic heterocycles. The van der Waals surface area contributed by atoms with Crippen LogP contribution in [0, 0.1) is 0 Å². The summed E-state index contributed by atoms with van der Waals surface area (Å²) < 4.78 is 1.83. The Hall–Kier alpha value is -1.82. The fourth-order valence-corrected chi connectivity index (χ4v) is 3.02. The number of para-hydroxylation sites is 1. The molecule has 0 fully saturated rings. The van der Waals surface area contributed by atoms with Gasteiger partial charge in [0.05, 0.1) is 11.9 Å². The SMILES string of the molecule is Cn1ncc(NC[C@H]2CCc3ccccc3N2)c(Br)c1=O. The van der Waals surface area contributed by atoms with E-state index in [4.69, 9.17) is 0 Å². The van der Waals surface area contributed by atoms with E-state index in [0.29, 0.717) is 10.5 Å². The molecule has 1 aromatic carbocycles. The minimum Gasteiger partial charge on any atom is -0.381 e. The van der Waals surface area contributed by atoms with Crippen molar-refractivity contribution >= 4 is 27.3 Å². The van der Waals surface area contributed by atoms with Gasteiger partial charge in [-0.05, 0) is 40.4 Å². The Morgan fingerprint density at radius 1 is 1.48 bits per heavy atom. The smallest absolute Gasteiger partial charge is 0.282 e. The van der Waals surface area contributed by atoms with E-state index in [1.54, 1.807) is 13.2 Å². The number of fused-ring (bicyclic) bond motifs is 1. The summed E-state index contributed by atoms with van der Waals surface area (Å²) in [7, 11) is 1.64. The third-order valence-electron chi connectivity index (χ3n) is 3.76. The van der Waals surface area contributed by atoms with Crippen molar-refractivity contribution in [2.45, 2.75) is 18.9 Å². The fourth-order valence-electron chi connectivity index (χ4n) is 2.52. The van der Waals surface area contributed by atoms with E-state index in [2.05, 4.69) is 49.9 Å². The van der Waals surface area contributed by atoms with Crippen LogP contribution in [0.2, 0.25) is 0 Å². The van der Waals surface area contributed by atoms with Gasteiger partial charge in [-0.25, -0.2) is 4.68 Å². The van der Waals surface area contributed by atoms with Gasteiger partial charge in [0.1, 0.15) is 4.47 Å². The Bertz CT molecular complexity index is 713. The minimum atomic E-state index is -0.137. The van der Waals surface area contributed by atoms with Crippen LogP contribution in [0.15, 0.2) is 39.7 Å². The molecular formula is C15H17BrN4O. The molecule has 110 valence electrons. The number of anilines is 2. The monoisotopic (exact) mass is 348 g/mol. The molecule has 0 saturated carbocycles. The Morgan fingerprint density at radius 3 is 3.14 bits per heavy atom. The van der Waals surface area contributed by atoms with Crippen molar-refractivity contribution in [3.8, 4) is 0 Å². The summed E-state index contributed by atoms with van der Waals surface area (Å²) in [6, 6.07) is 8.73. The zero-order valence-electron chi connectivity index (χ0n) is 11.8. The molecule has 21 heavy (non-hydrogen) atoms. The van der Waals surface area contributed by atoms with Crippen molar-refractivity contribution in [1.82, 2.24) is 9.78 Å². The molecule has 5 nitrogen and oxygen atoms in total. The largest absolute Gasteiger partial charge is 0.381 e. The highest BCUT2D eigenvalue weighted by Crippen LogP contribution is 2.24. The van der Waals surface area contributed by atoms with Crippen LogP contribution >= 0.6 is 15.9 Å². The van der Waals surface area contributed by atoms with Crippen molar-refractivity contribution in [3.63, 3.8) is 0 Å². The van der Waals surface area contributed by atoms with Crippen LogP contribution in [0.4, 0.5) is 11.4 Å². The number of aromatic nitrogens is 2. The predicted molar refractivity (Wildman–Crippen MR) is 87.8 cm³/mol. The van der Waals surface area contributed by atoms with Crippen LogP contribution in [0.3, 0.4) is 0 Å². The molecule has 6 heteroatoms. The molecule has 0 saturated heterocycles. The quantitative estimate of drug-likeness (QED) is 0.893. The topological polar surface area (TPSA) is 59.0 Å². The lowest BCUT2D eigenvalue weighted by molar-refractivity contribution is 0.652. The Morgan fingerprint density at radius 2 is 2.29 bits per heavy atom. The van der Waals surface area contributed by atoms with E-state index in [9.17, 15) is 4.79 Å². The summed E-state index contributed by atoms with van der Waals surface area (Å²) in [5.41, 5.74) is 3.17.